The SMILES string of the molecule is CCCN(CC(=O)NC)C(=O)NCC(F)(F)F. The third kappa shape index (κ3) is 7.42. The minimum atomic E-state index is -4.46. The largest absolute Gasteiger partial charge is 0.405 e. The fourth-order valence-corrected chi connectivity index (χ4v) is 1.06. The summed E-state index contributed by atoms with van der Waals surface area (Å²) in [6.07, 6.45) is -3.91. The van der Waals surface area contributed by atoms with Crippen LogP contribution in [0.25, 0.3) is 0 Å². The lowest BCUT2D eigenvalue weighted by molar-refractivity contribution is -0.123. The van der Waals surface area contributed by atoms with E-state index in [0.717, 1.165) is 4.90 Å². The lowest BCUT2D eigenvalue weighted by atomic mass is 10.4. The van der Waals surface area contributed by atoms with Crippen molar-refractivity contribution in [3.63, 3.8) is 0 Å². The molecule has 8 heteroatoms. The van der Waals surface area contributed by atoms with Crippen molar-refractivity contribution in [2.24, 2.45) is 0 Å². The summed E-state index contributed by atoms with van der Waals surface area (Å²) in [5.41, 5.74) is 0. The normalized spacial score (nSPS) is 10.9. The average Bonchev–Trinajstić information content (AvgIpc) is 2.24. The zero-order valence-corrected chi connectivity index (χ0v) is 9.73. The van der Waals surface area contributed by atoms with Crippen LogP contribution in [-0.4, -0.2) is 49.7 Å². The van der Waals surface area contributed by atoms with E-state index in [1.54, 1.807) is 12.2 Å². The molecule has 100 valence electrons. The fourth-order valence-electron chi connectivity index (χ4n) is 1.06. The maximum atomic E-state index is 11.9. The van der Waals surface area contributed by atoms with Gasteiger partial charge in [0.25, 0.3) is 0 Å². The Hall–Kier alpha value is -1.47. The second-order valence-corrected chi connectivity index (χ2v) is 3.37. The van der Waals surface area contributed by atoms with Gasteiger partial charge < -0.3 is 15.5 Å². The summed E-state index contributed by atoms with van der Waals surface area (Å²) in [6, 6.07) is -0.896. The Morgan fingerprint density at radius 2 is 1.88 bits per heavy atom. The first kappa shape index (κ1) is 15.5. The fraction of sp³-hybridized carbons (Fsp3) is 0.778. The van der Waals surface area contributed by atoms with Crippen LogP contribution in [0.4, 0.5) is 18.0 Å². The number of amides is 3. The highest BCUT2D eigenvalue weighted by atomic mass is 19.4. The molecule has 0 fully saturated rings. The van der Waals surface area contributed by atoms with Crippen molar-refractivity contribution in [1.82, 2.24) is 15.5 Å². The third-order valence-electron chi connectivity index (χ3n) is 1.83. The highest BCUT2D eigenvalue weighted by Crippen LogP contribution is 2.12. The van der Waals surface area contributed by atoms with E-state index in [9.17, 15) is 22.8 Å². The molecule has 0 atom stereocenters. The first-order valence-corrected chi connectivity index (χ1v) is 5.10. The van der Waals surface area contributed by atoms with Gasteiger partial charge in [0, 0.05) is 13.6 Å². The Kier molecular flexibility index (Phi) is 6.37. The molecule has 0 aliphatic carbocycles. The number of hydrogen-bond donors (Lipinski definition) is 2. The van der Waals surface area contributed by atoms with Crippen LogP contribution < -0.4 is 10.6 Å². The second-order valence-electron chi connectivity index (χ2n) is 3.37. The van der Waals surface area contributed by atoms with Crippen LogP contribution in [0.15, 0.2) is 0 Å². The summed E-state index contributed by atoms with van der Waals surface area (Å²) in [7, 11) is 1.39. The van der Waals surface area contributed by atoms with E-state index < -0.39 is 24.7 Å². The Labute approximate surface area is 97.3 Å². The standard InChI is InChI=1S/C9H16F3N3O2/c1-3-4-15(5-7(16)13-2)8(17)14-6-9(10,11)12/h3-6H2,1-2H3,(H,13,16)(H,14,17). The highest BCUT2D eigenvalue weighted by Gasteiger charge is 2.29. The number of likely N-dealkylation sites (N-methyl/N-ethyl adjacent to an activating group) is 1. The Morgan fingerprint density at radius 1 is 1.29 bits per heavy atom. The van der Waals surface area contributed by atoms with Gasteiger partial charge in [-0.05, 0) is 6.42 Å². The van der Waals surface area contributed by atoms with Crippen LogP contribution in [0.1, 0.15) is 13.3 Å². The number of nitrogens with one attached hydrogen (secondary N) is 2. The van der Waals surface area contributed by atoms with E-state index in [0.29, 0.717) is 6.42 Å². The number of carbonyl (C=O) groups excluding carboxylic acids is 2. The molecule has 0 saturated heterocycles. The molecular weight excluding hydrogens is 239 g/mol. The first-order chi connectivity index (χ1) is 7.80. The van der Waals surface area contributed by atoms with Crippen molar-refractivity contribution in [2.75, 3.05) is 26.7 Å². The molecule has 0 aromatic carbocycles. The van der Waals surface area contributed by atoms with Crippen molar-refractivity contribution >= 4 is 11.9 Å². The first-order valence-electron chi connectivity index (χ1n) is 5.10. The molecule has 3 amide bonds. The van der Waals surface area contributed by atoms with Crippen LogP contribution in [0.3, 0.4) is 0 Å². The molecule has 0 radical (unpaired) electrons. The van der Waals surface area contributed by atoms with Crippen LogP contribution in [0.5, 0.6) is 0 Å². The summed E-state index contributed by atoms with van der Waals surface area (Å²) >= 11 is 0. The number of urea groups is 1. The minimum absolute atomic E-state index is 0.219. The van der Waals surface area contributed by atoms with Crippen LogP contribution in [-0.2, 0) is 4.79 Å². The maximum absolute atomic E-state index is 11.9. The van der Waals surface area contributed by atoms with Crippen molar-refractivity contribution in [1.29, 1.82) is 0 Å². The molecule has 0 bridgehead atoms. The molecule has 0 aromatic rings. The van der Waals surface area contributed by atoms with E-state index >= 15 is 0 Å². The van der Waals surface area contributed by atoms with Crippen LogP contribution in [0, 0.1) is 0 Å². The molecule has 0 rings (SSSR count). The molecule has 0 saturated carbocycles. The summed E-state index contributed by atoms with van der Waals surface area (Å²) in [5, 5.41) is 4.02. The van der Waals surface area contributed by atoms with Gasteiger partial charge in [-0.2, -0.15) is 13.2 Å². The van der Waals surface area contributed by atoms with Crippen LogP contribution >= 0.6 is 0 Å². The summed E-state index contributed by atoms with van der Waals surface area (Å²) in [4.78, 5) is 23.4. The Bertz CT molecular complexity index is 269. The van der Waals surface area contributed by atoms with Crippen molar-refractivity contribution in [3.8, 4) is 0 Å². The summed E-state index contributed by atoms with van der Waals surface area (Å²) in [5.74, 6) is -0.430. The zero-order valence-electron chi connectivity index (χ0n) is 9.73. The molecule has 2 N–H and O–H groups in total. The van der Waals surface area contributed by atoms with Crippen molar-refractivity contribution in [3.05, 3.63) is 0 Å². The van der Waals surface area contributed by atoms with Gasteiger partial charge in [-0.25, -0.2) is 4.79 Å². The van der Waals surface area contributed by atoms with Crippen molar-refractivity contribution in [2.45, 2.75) is 19.5 Å². The average molecular weight is 255 g/mol. The smallest absolute Gasteiger partial charge is 0.358 e. The third-order valence-corrected chi connectivity index (χ3v) is 1.83. The summed E-state index contributed by atoms with van der Waals surface area (Å²) in [6.45, 7) is 0.318. The lowest BCUT2D eigenvalue weighted by Crippen LogP contribution is -2.47. The number of carbonyl (C=O) groups is 2. The van der Waals surface area contributed by atoms with Gasteiger partial charge in [-0.15, -0.1) is 0 Å². The molecule has 0 aliphatic heterocycles. The van der Waals surface area contributed by atoms with Gasteiger partial charge in [0.15, 0.2) is 0 Å². The predicted molar refractivity (Wildman–Crippen MR) is 55.4 cm³/mol. The van der Waals surface area contributed by atoms with Crippen LogP contribution in [0.2, 0.25) is 0 Å². The summed E-state index contributed by atoms with van der Waals surface area (Å²) < 4.78 is 35.6. The van der Waals surface area contributed by atoms with Gasteiger partial charge in [-0.1, -0.05) is 6.92 Å². The van der Waals surface area contributed by atoms with Gasteiger partial charge in [0.05, 0.1) is 0 Å². The number of halogens is 3. The second kappa shape index (κ2) is 6.97. The molecule has 0 heterocycles. The Balaban J connectivity index is 4.29. The number of nitrogens with zero attached hydrogens (tertiary/aromatic N) is 1. The van der Waals surface area contributed by atoms with Gasteiger partial charge >= 0.3 is 12.2 Å². The molecule has 17 heavy (non-hydrogen) atoms. The maximum Gasteiger partial charge on any atom is 0.405 e. The van der Waals surface area contributed by atoms with E-state index in [2.05, 4.69) is 5.32 Å². The zero-order chi connectivity index (χ0) is 13.5. The van der Waals surface area contributed by atoms with Gasteiger partial charge in [-0.3, -0.25) is 4.79 Å². The minimum Gasteiger partial charge on any atom is -0.358 e. The van der Waals surface area contributed by atoms with E-state index in [1.807, 2.05) is 0 Å². The number of hydrogen-bond acceptors (Lipinski definition) is 2. The lowest BCUT2D eigenvalue weighted by Gasteiger charge is -2.22. The molecule has 5 nitrogen and oxygen atoms in total. The predicted octanol–water partition coefficient (Wildman–Crippen LogP) is 0.716. The Morgan fingerprint density at radius 3 is 2.29 bits per heavy atom. The van der Waals surface area contributed by atoms with E-state index in [4.69, 9.17) is 0 Å². The highest BCUT2D eigenvalue weighted by molar-refractivity contribution is 5.83. The van der Waals surface area contributed by atoms with Gasteiger partial charge in [0.2, 0.25) is 5.91 Å². The number of alkyl halides is 3. The quantitative estimate of drug-likeness (QED) is 0.760. The van der Waals surface area contributed by atoms with Gasteiger partial charge in [0.1, 0.15) is 13.1 Å². The number of rotatable bonds is 5. The van der Waals surface area contributed by atoms with E-state index in [1.165, 1.54) is 7.05 Å². The topological polar surface area (TPSA) is 61.4 Å². The molecule has 0 spiro atoms. The molecule has 0 unspecified atom stereocenters. The van der Waals surface area contributed by atoms with E-state index in [-0.39, 0.29) is 13.1 Å². The monoisotopic (exact) mass is 255 g/mol. The van der Waals surface area contributed by atoms with Crippen molar-refractivity contribution < 1.29 is 22.8 Å². The molecule has 0 aliphatic rings. The molecular formula is C9H16F3N3O2. The molecule has 0 aromatic heterocycles.